The summed E-state index contributed by atoms with van der Waals surface area (Å²) < 4.78 is 29.0. The lowest BCUT2D eigenvalue weighted by atomic mass is 10.3. The van der Waals surface area contributed by atoms with Crippen molar-refractivity contribution in [3.63, 3.8) is 0 Å². The first-order chi connectivity index (χ1) is 11.9. The smallest absolute Gasteiger partial charge is 0.307 e. The van der Waals surface area contributed by atoms with Crippen LogP contribution in [0.2, 0.25) is 0 Å². The van der Waals surface area contributed by atoms with E-state index in [2.05, 4.69) is 15.5 Å². The van der Waals surface area contributed by atoms with Crippen LogP contribution in [0.3, 0.4) is 0 Å². The van der Waals surface area contributed by atoms with E-state index in [4.69, 9.17) is 0 Å². The van der Waals surface area contributed by atoms with Crippen molar-refractivity contribution in [3.8, 4) is 0 Å². The molecule has 0 aliphatic heterocycles. The minimum Gasteiger partial charge on any atom is -0.318 e. The highest BCUT2D eigenvalue weighted by atomic mass is 19.1. The van der Waals surface area contributed by atoms with Crippen molar-refractivity contribution in [2.45, 2.75) is 6.67 Å². The summed E-state index contributed by atoms with van der Waals surface area (Å²) in [6.45, 7) is 0.0476. The predicted molar refractivity (Wildman–Crippen MR) is 80.8 cm³/mol. The van der Waals surface area contributed by atoms with Gasteiger partial charge < -0.3 is 5.32 Å². The number of nitrogens with one attached hydrogen (secondary N) is 1. The number of halogens is 2. The summed E-state index contributed by atoms with van der Waals surface area (Å²) in [4.78, 5) is 22.1. The molecule has 0 bridgehead atoms. The number of benzene rings is 1. The maximum atomic E-state index is 13.5. The summed E-state index contributed by atoms with van der Waals surface area (Å²) in [5.74, 6) is -2.35. The zero-order chi connectivity index (χ0) is 18.0. The van der Waals surface area contributed by atoms with Gasteiger partial charge in [0.2, 0.25) is 0 Å². The molecule has 2 aromatic heterocycles. The van der Waals surface area contributed by atoms with Crippen LogP contribution in [0, 0.1) is 21.7 Å². The lowest BCUT2D eigenvalue weighted by Gasteiger charge is -2.04. The Morgan fingerprint density at radius 1 is 1.28 bits per heavy atom. The van der Waals surface area contributed by atoms with Gasteiger partial charge in [0.25, 0.3) is 5.91 Å². The predicted octanol–water partition coefficient (Wildman–Crippen LogP) is 2.02. The molecule has 0 radical (unpaired) electrons. The van der Waals surface area contributed by atoms with Crippen LogP contribution in [-0.4, -0.2) is 30.4 Å². The molecule has 1 N–H and O–H groups in total. The van der Waals surface area contributed by atoms with Gasteiger partial charge in [-0.15, -0.1) is 0 Å². The van der Waals surface area contributed by atoms with Gasteiger partial charge in [0.1, 0.15) is 30.7 Å². The largest absolute Gasteiger partial charge is 0.318 e. The number of hydrogen-bond acceptors (Lipinski definition) is 5. The maximum absolute atomic E-state index is 13.5. The van der Waals surface area contributed by atoms with Crippen LogP contribution >= 0.6 is 0 Å². The standard InChI is InChI=1S/C14H10F2N6O3/c15-9-1-2-12(11(16)5-9)18-14(23)13-3-4-20(19-13)8-21-7-10(6-17-21)22(24)25/h1-7H,8H2,(H,18,23). The summed E-state index contributed by atoms with van der Waals surface area (Å²) in [5.41, 5.74) is -0.356. The Labute approximate surface area is 138 Å². The summed E-state index contributed by atoms with van der Waals surface area (Å²) in [6.07, 6.45) is 3.77. The van der Waals surface area contributed by atoms with Gasteiger partial charge in [-0.1, -0.05) is 0 Å². The van der Waals surface area contributed by atoms with Crippen LogP contribution in [0.4, 0.5) is 20.2 Å². The van der Waals surface area contributed by atoms with Crippen molar-refractivity contribution in [1.82, 2.24) is 19.6 Å². The van der Waals surface area contributed by atoms with Gasteiger partial charge >= 0.3 is 5.69 Å². The molecule has 128 valence electrons. The molecule has 11 heteroatoms. The summed E-state index contributed by atoms with van der Waals surface area (Å²) in [5, 5.41) is 20.7. The van der Waals surface area contributed by atoms with Crippen molar-refractivity contribution >= 4 is 17.3 Å². The highest BCUT2D eigenvalue weighted by Gasteiger charge is 2.14. The summed E-state index contributed by atoms with van der Waals surface area (Å²) in [6, 6.07) is 4.15. The van der Waals surface area contributed by atoms with Crippen LogP contribution in [0.1, 0.15) is 10.5 Å². The Bertz CT molecular complexity index is 952. The Balaban J connectivity index is 1.69. The van der Waals surface area contributed by atoms with Crippen LogP contribution in [0.5, 0.6) is 0 Å². The first-order valence-corrected chi connectivity index (χ1v) is 6.89. The molecule has 0 aliphatic rings. The lowest BCUT2D eigenvalue weighted by molar-refractivity contribution is -0.385. The van der Waals surface area contributed by atoms with Gasteiger partial charge in [-0.25, -0.2) is 13.5 Å². The lowest BCUT2D eigenvalue weighted by Crippen LogP contribution is -2.15. The molecule has 3 rings (SSSR count). The quantitative estimate of drug-likeness (QED) is 0.561. The second kappa shape index (κ2) is 6.47. The first kappa shape index (κ1) is 16.2. The molecule has 0 aliphatic carbocycles. The molecule has 1 aromatic carbocycles. The third kappa shape index (κ3) is 3.65. The molecule has 9 nitrogen and oxygen atoms in total. The van der Waals surface area contributed by atoms with Crippen molar-refractivity contribution in [2.75, 3.05) is 5.32 Å². The van der Waals surface area contributed by atoms with Gasteiger partial charge in [0.05, 0.1) is 10.6 Å². The van der Waals surface area contributed by atoms with E-state index in [1.807, 2.05) is 0 Å². The molecule has 0 fully saturated rings. The van der Waals surface area contributed by atoms with E-state index in [-0.39, 0.29) is 23.7 Å². The monoisotopic (exact) mass is 348 g/mol. The second-order valence-corrected chi connectivity index (χ2v) is 4.96. The number of amides is 1. The van der Waals surface area contributed by atoms with E-state index < -0.39 is 22.5 Å². The zero-order valence-corrected chi connectivity index (χ0v) is 12.5. The summed E-state index contributed by atoms with van der Waals surface area (Å²) in [7, 11) is 0. The molecule has 25 heavy (non-hydrogen) atoms. The molecular weight excluding hydrogens is 338 g/mol. The van der Waals surface area contributed by atoms with Crippen LogP contribution in [0.25, 0.3) is 0 Å². The molecule has 0 atom stereocenters. The maximum Gasteiger partial charge on any atom is 0.307 e. The van der Waals surface area contributed by atoms with E-state index >= 15 is 0 Å². The normalized spacial score (nSPS) is 10.6. The zero-order valence-electron chi connectivity index (χ0n) is 12.5. The van der Waals surface area contributed by atoms with Crippen molar-refractivity contribution in [1.29, 1.82) is 0 Å². The van der Waals surface area contributed by atoms with Gasteiger partial charge in [-0.05, 0) is 18.2 Å². The third-order valence-electron chi connectivity index (χ3n) is 3.17. The number of hydrogen-bond donors (Lipinski definition) is 1. The highest BCUT2D eigenvalue weighted by molar-refractivity contribution is 6.02. The number of aromatic nitrogens is 4. The van der Waals surface area contributed by atoms with Crippen molar-refractivity contribution < 1.29 is 18.5 Å². The number of nitrogens with zero attached hydrogens (tertiary/aromatic N) is 5. The van der Waals surface area contributed by atoms with Gasteiger partial charge in [-0.3, -0.25) is 19.6 Å². The van der Waals surface area contributed by atoms with E-state index in [0.29, 0.717) is 6.07 Å². The Kier molecular flexibility index (Phi) is 4.20. The Morgan fingerprint density at radius 3 is 2.76 bits per heavy atom. The third-order valence-corrected chi connectivity index (χ3v) is 3.17. The van der Waals surface area contributed by atoms with E-state index in [1.54, 1.807) is 0 Å². The fourth-order valence-electron chi connectivity index (χ4n) is 2.01. The molecule has 0 unspecified atom stereocenters. The molecular formula is C14H10F2N6O3. The van der Waals surface area contributed by atoms with Crippen LogP contribution in [0.15, 0.2) is 42.9 Å². The molecule has 0 saturated carbocycles. The molecule has 2 heterocycles. The number of carbonyl (C=O) groups is 1. The van der Waals surface area contributed by atoms with E-state index in [1.165, 1.54) is 27.8 Å². The minimum absolute atomic E-state index is 0.00891. The average Bonchev–Trinajstić information content (AvgIpc) is 3.20. The molecule has 0 saturated heterocycles. The summed E-state index contributed by atoms with van der Waals surface area (Å²) >= 11 is 0. The molecule has 0 spiro atoms. The van der Waals surface area contributed by atoms with Crippen molar-refractivity contribution in [3.05, 3.63) is 70.3 Å². The number of anilines is 1. The van der Waals surface area contributed by atoms with E-state index in [0.717, 1.165) is 18.3 Å². The number of nitro groups is 1. The van der Waals surface area contributed by atoms with Crippen molar-refractivity contribution in [2.24, 2.45) is 0 Å². The molecule has 3 aromatic rings. The highest BCUT2D eigenvalue weighted by Crippen LogP contribution is 2.16. The SMILES string of the molecule is O=C(Nc1ccc(F)cc1F)c1ccn(Cn2cc([N+](=O)[O-])cn2)n1. The number of carbonyl (C=O) groups excluding carboxylic acids is 1. The average molecular weight is 348 g/mol. The fourth-order valence-corrected chi connectivity index (χ4v) is 2.01. The number of rotatable bonds is 5. The molecule has 1 amide bonds. The fraction of sp³-hybridized carbons (Fsp3) is 0.0714. The van der Waals surface area contributed by atoms with Gasteiger partial charge in [0, 0.05) is 12.3 Å². The van der Waals surface area contributed by atoms with Gasteiger partial charge in [0.15, 0.2) is 5.69 Å². The Morgan fingerprint density at radius 2 is 2.08 bits per heavy atom. The minimum atomic E-state index is -0.906. The first-order valence-electron chi connectivity index (χ1n) is 6.89. The topological polar surface area (TPSA) is 108 Å². The Hall–Kier alpha value is -3.63. The van der Waals surface area contributed by atoms with Crippen LogP contribution in [-0.2, 0) is 6.67 Å². The van der Waals surface area contributed by atoms with Crippen LogP contribution < -0.4 is 5.32 Å². The van der Waals surface area contributed by atoms with Gasteiger partial charge in [-0.2, -0.15) is 10.2 Å². The van der Waals surface area contributed by atoms with E-state index in [9.17, 15) is 23.7 Å². The second-order valence-electron chi connectivity index (χ2n) is 4.96.